The zero-order valence-electron chi connectivity index (χ0n) is 13.2. The van der Waals surface area contributed by atoms with Gasteiger partial charge in [0.05, 0.1) is 11.2 Å². The number of hydrogen-bond acceptors (Lipinski definition) is 3. The van der Waals surface area contributed by atoms with Gasteiger partial charge in [-0.25, -0.2) is 4.98 Å². The summed E-state index contributed by atoms with van der Waals surface area (Å²) in [6, 6.07) is 0.485. The number of rotatable bonds is 2. The summed E-state index contributed by atoms with van der Waals surface area (Å²) in [6.07, 6.45) is 10.7. The van der Waals surface area contributed by atoms with E-state index in [4.69, 9.17) is 0 Å². The highest BCUT2D eigenvalue weighted by atomic mass is 32.1. The highest BCUT2D eigenvalue weighted by Crippen LogP contribution is 2.35. The first kappa shape index (κ1) is 15.0. The SMILES string of the molecule is CC(C)c1ncc(C(=O)N2CCCCC3CCCCC32)s1. The first-order valence-corrected chi connectivity index (χ1v) is 9.25. The van der Waals surface area contributed by atoms with Crippen molar-refractivity contribution in [2.45, 2.75) is 70.8 Å². The number of nitrogens with zero attached hydrogens (tertiary/aromatic N) is 2. The summed E-state index contributed by atoms with van der Waals surface area (Å²) in [5, 5.41) is 1.08. The molecule has 0 bridgehead atoms. The summed E-state index contributed by atoms with van der Waals surface area (Å²) in [5.41, 5.74) is 0. The lowest BCUT2D eigenvalue weighted by Crippen LogP contribution is -2.44. The van der Waals surface area contributed by atoms with Crippen molar-refractivity contribution < 1.29 is 4.79 Å². The lowest BCUT2D eigenvalue weighted by atomic mass is 9.81. The van der Waals surface area contributed by atoms with E-state index in [0.717, 1.165) is 28.8 Å². The molecule has 1 saturated heterocycles. The molecule has 2 fully saturated rings. The van der Waals surface area contributed by atoms with Crippen LogP contribution >= 0.6 is 11.3 Å². The Labute approximate surface area is 131 Å². The van der Waals surface area contributed by atoms with Gasteiger partial charge in [-0.15, -0.1) is 11.3 Å². The zero-order valence-corrected chi connectivity index (χ0v) is 14.0. The van der Waals surface area contributed by atoms with Gasteiger partial charge >= 0.3 is 0 Å². The summed E-state index contributed by atoms with van der Waals surface area (Å²) < 4.78 is 0. The highest BCUT2D eigenvalue weighted by molar-refractivity contribution is 7.13. The van der Waals surface area contributed by atoms with E-state index in [2.05, 4.69) is 23.7 Å². The van der Waals surface area contributed by atoms with Gasteiger partial charge in [-0.05, 0) is 31.6 Å². The van der Waals surface area contributed by atoms with Crippen LogP contribution in [-0.4, -0.2) is 28.4 Å². The Hall–Kier alpha value is -0.900. The Morgan fingerprint density at radius 3 is 2.67 bits per heavy atom. The number of thiazole rings is 1. The molecule has 116 valence electrons. The van der Waals surface area contributed by atoms with Gasteiger partial charge < -0.3 is 4.90 Å². The van der Waals surface area contributed by atoms with Crippen molar-refractivity contribution in [1.29, 1.82) is 0 Å². The van der Waals surface area contributed by atoms with E-state index < -0.39 is 0 Å². The van der Waals surface area contributed by atoms with Crippen LogP contribution in [0.1, 0.15) is 79.4 Å². The van der Waals surface area contributed by atoms with Gasteiger partial charge in [0, 0.05) is 18.5 Å². The second-order valence-electron chi connectivity index (χ2n) is 6.82. The predicted octanol–water partition coefficient (Wildman–Crippen LogP) is 4.45. The number of fused-ring (bicyclic) bond motifs is 1. The molecule has 1 saturated carbocycles. The molecule has 2 heterocycles. The van der Waals surface area contributed by atoms with Crippen LogP contribution in [-0.2, 0) is 0 Å². The predicted molar refractivity (Wildman–Crippen MR) is 86.8 cm³/mol. The van der Waals surface area contributed by atoms with Gasteiger partial charge in [-0.3, -0.25) is 4.79 Å². The average molecular weight is 306 g/mol. The van der Waals surface area contributed by atoms with Gasteiger partial charge in [0.1, 0.15) is 4.88 Å². The van der Waals surface area contributed by atoms with Gasteiger partial charge in [-0.1, -0.05) is 33.1 Å². The van der Waals surface area contributed by atoms with Crippen molar-refractivity contribution in [2.24, 2.45) is 5.92 Å². The summed E-state index contributed by atoms with van der Waals surface area (Å²) in [5.74, 6) is 1.38. The lowest BCUT2D eigenvalue weighted by Gasteiger charge is -2.38. The fraction of sp³-hybridized carbons (Fsp3) is 0.765. The van der Waals surface area contributed by atoms with Crippen molar-refractivity contribution in [3.05, 3.63) is 16.1 Å². The van der Waals surface area contributed by atoms with E-state index in [1.165, 1.54) is 38.5 Å². The zero-order chi connectivity index (χ0) is 14.8. The number of amides is 1. The van der Waals surface area contributed by atoms with Crippen molar-refractivity contribution in [1.82, 2.24) is 9.88 Å². The second-order valence-corrected chi connectivity index (χ2v) is 7.89. The Morgan fingerprint density at radius 2 is 1.95 bits per heavy atom. The Bertz CT molecular complexity index is 497. The Balaban J connectivity index is 1.80. The summed E-state index contributed by atoms with van der Waals surface area (Å²) in [6.45, 7) is 5.21. The van der Waals surface area contributed by atoms with Crippen LogP contribution in [0, 0.1) is 5.92 Å². The summed E-state index contributed by atoms with van der Waals surface area (Å²) >= 11 is 1.59. The highest BCUT2D eigenvalue weighted by Gasteiger charge is 2.35. The number of likely N-dealkylation sites (tertiary alicyclic amines) is 1. The van der Waals surface area contributed by atoms with Crippen LogP contribution in [0.3, 0.4) is 0 Å². The van der Waals surface area contributed by atoms with Gasteiger partial charge in [-0.2, -0.15) is 0 Å². The molecule has 1 aromatic heterocycles. The fourth-order valence-electron chi connectivity index (χ4n) is 3.84. The molecule has 2 unspecified atom stereocenters. The Kier molecular flexibility index (Phi) is 4.63. The van der Waals surface area contributed by atoms with E-state index in [1.807, 2.05) is 0 Å². The quantitative estimate of drug-likeness (QED) is 0.808. The molecular formula is C17H26N2OS. The largest absolute Gasteiger partial charge is 0.335 e. The van der Waals surface area contributed by atoms with E-state index >= 15 is 0 Å². The lowest BCUT2D eigenvalue weighted by molar-refractivity contribution is 0.0573. The summed E-state index contributed by atoms with van der Waals surface area (Å²) in [7, 11) is 0. The van der Waals surface area contributed by atoms with Crippen molar-refractivity contribution in [3.8, 4) is 0 Å². The van der Waals surface area contributed by atoms with Crippen LogP contribution in [0.2, 0.25) is 0 Å². The standard InChI is InChI=1S/C17H26N2OS/c1-12(2)16-18-11-15(21-16)17(20)19-10-6-5-8-13-7-3-4-9-14(13)19/h11-14H,3-10H2,1-2H3. The van der Waals surface area contributed by atoms with E-state index in [1.54, 1.807) is 17.5 Å². The maximum absolute atomic E-state index is 12.9. The maximum Gasteiger partial charge on any atom is 0.265 e. The third-order valence-corrected chi connectivity index (χ3v) is 6.27. The van der Waals surface area contributed by atoms with Crippen LogP contribution in [0.25, 0.3) is 0 Å². The van der Waals surface area contributed by atoms with Crippen LogP contribution < -0.4 is 0 Å². The molecule has 2 atom stereocenters. The van der Waals surface area contributed by atoms with E-state index in [-0.39, 0.29) is 5.91 Å². The number of carbonyl (C=O) groups excluding carboxylic acids is 1. The molecule has 3 rings (SSSR count). The normalized spacial score (nSPS) is 26.5. The van der Waals surface area contributed by atoms with Crippen LogP contribution in [0.5, 0.6) is 0 Å². The average Bonchev–Trinajstić information content (AvgIpc) is 2.88. The maximum atomic E-state index is 12.9. The van der Waals surface area contributed by atoms with E-state index in [0.29, 0.717) is 12.0 Å². The number of aromatic nitrogens is 1. The molecule has 0 radical (unpaired) electrons. The molecule has 1 aliphatic heterocycles. The molecule has 0 aromatic carbocycles. The smallest absolute Gasteiger partial charge is 0.265 e. The number of carbonyl (C=O) groups is 1. The van der Waals surface area contributed by atoms with E-state index in [9.17, 15) is 4.79 Å². The molecule has 21 heavy (non-hydrogen) atoms. The second kappa shape index (κ2) is 6.47. The molecular weight excluding hydrogens is 280 g/mol. The molecule has 1 aliphatic carbocycles. The minimum absolute atomic E-state index is 0.234. The molecule has 4 heteroatoms. The van der Waals surface area contributed by atoms with Crippen LogP contribution in [0.15, 0.2) is 6.20 Å². The third kappa shape index (κ3) is 3.15. The molecule has 1 amide bonds. The minimum atomic E-state index is 0.234. The molecule has 3 nitrogen and oxygen atoms in total. The molecule has 2 aliphatic rings. The molecule has 1 aromatic rings. The van der Waals surface area contributed by atoms with Crippen molar-refractivity contribution >= 4 is 17.2 Å². The third-order valence-electron chi connectivity index (χ3n) is 4.98. The van der Waals surface area contributed by atoms with Gasteiger partial charge in [0.25, 0.3) is 5.91 Å². The van der Waals surface area contributed by atoms with Crippen molar-refractivity contribution in [2.75, 3.05) is 6.54 Å². The fourth-order valence-corrected chi connectivity index (χ4v) is 4.71. The topological polar surface area (TPSA) is 33.2 Å². The monoisotopic (exact) mass is 306 g/mol. The van der Waals surface area contributed by atoms with Crippen LogP contribution in [0.4, 0.5) is 0 Å². The first-order valence-electron chi connectivity index (χ1n) is 8.43. The molecule has 0 N–H and O–H groups in total. The Morgan fingerprint density at radius 1 is 1.24 bits per heavy atom. The molecule has 0 spiro atoms. The summed E-state index contributed by atoms with van der Waals surface area (Å²) in [4.78, 5) is 20.4. The number of hydrogen-bond donors (Lipinski definition) is 0. The van der Waals surface area contributed by atoms with Crippen molar-refractivity contribution in [3.63, 3.8) is 0 Å². The minimum Gasteiger partial charge on any atom is -0.335 e. The first-order chi connectivity index (χ1) is 10.2. The van der Waals surface area contributed by atoms with Gasteiger partial charge in [0.2, 0.25) is 0 Å². The van der Waals surface area contributed by atoms with Gasteiger partial charge in [0.15, 0.2) is 0 Å².